The van der Waals surface area contributed by atoms with Gasteiger partial charge in [-0.05, 0) is 37.1 Å². The number of aliphatic imine (C=N–C) groups is 1. The molecule has 2 N–H and O–H groups in total. The summed E-state index contributed by atoms with van der Waals surface area (Å²) in [7, 11) is 0. The fourth-order valence-electron chi connectivity index (χ4n) is 3.88. The fourth-order valence-corrected chi connectivity index (χ4v) is 4.26. The van der Waals surface area contributed by atoms with Gasteiger partial charge in [-0.25, -0.2) is 9.38 Å². The van der Waals surface area contributed by atoms with Crippen molar-refractivity contribution >= 4 is 35.0 Å². The van der Waals surface area contributed by atoms with Crippen LogP contribution in [-0.4, -0.2) is 29.1 Å². The van der Waals surface area contributed by atoms with E-state index in [1.54, 1.807) is 30.3 Å². The second-order valence-electron chi connectivity index (χ2n) is 7.17. The largest absolute Gasteiger partial charge is 0.462 e. The van der Waals surface area contributed by atoms with Crippen LogP contribution >= 0.6 is 23.2 Å². The number of carbonyl (C=O) groups excluding carboxylic acids is 1. The molecule has 1 aromatic carbocycles. The van der Waals surface area contributed by atoms with Crippen molar-refractivity contribution in [2.24, 2.45) is 16.6 Å². The molecule has 1 saturated carbocycles. The Balaban J connectivity index is 1.70. The van der Waals surface area contributed by atoms with Crippen LogP contribution in [0.1, 0.15) is 35.0 Å². The molecule has 4 rings (SSSR count). The van der Waals surface area contributed by atoms with Gasteiger partial charge in [0.15, 0.2) is 5.78 Å². The first-order valence-corrected chi connectivity index (χ1v) is 9.66. The predicted octanol–water partition coefficient (Wildman–Crippen LogP) is 4.10. The number of alkyl halides is 1. The standard InChI is InChI=1S/C20H18Cl2FN3O2/c1-10(23)20(14-8-18(14)28-19(24)26-20)13-6-11(2-4-15(13)22)7-17(27)16-5-3-12(21)9-25-16/h2-6,9-10,14,18H,7-8H2,1H3,(H2,24,26)/t10?,14-,18+,20+/m0/s1. The second kappa shape index (κ2) is 7.01. The topological polar surface area (TPSA) is 77.6 Å². The molecule has 0 spiro atoms. The van der Waals surface area contributed by atoms with E-state index in [0.29, 0.717) is 33.3 Å². The first-order valence-electron chi connectivity index (χ1n) is 8.91. The van der Waals surface area contributed by atoms with E-state index < -0.39 is 11.7 Å². The van der Waals surface area contributed by atoms with Gasteiger partial charge in [0.2, 0.25) is 0 Å². The molecule has 0 bridgehead atoms. The number of rotatable bonds is 5. The number of hydrogen-bond acceptors (Lipinski definition) is 5. The molecule has 2 aliphatic rings. The Morgan fingerprint density at radius 2 is 2.18 bits per heavy atom. The van der Waals surface area contributed by atoms with Crippen LogP contribution in [0.15, 0.2) is 41.5 Å². The van der Waals surface area contributed by atoms with E-state index in [-0.39, 0.29) is 30.2 Å². The van der Waals surface area contributed by atoms with Crippen molar-refractivity contribution in [1.82, 2.24) is 4.98 Å². The molecule has 5 nitrogen and oxygen atoms in total. The van der Waals surface area contributed by atoms with E-state index in [0.717, 1.165) is 0 Å². The Labute approximate surface area is 171 Å². The first-order chi connectivity index (χ1) is 13.3. The van der Waals surface area contributed by atoms with Crippen LogP contribution in [0.3, 0.4) is 0 Å². The predicted molar refractivity (Wildman–Crippen MR) is 106 cm³/mol. The molecule has 0 amide bonds. The quantitative estimate of drug-likeness (QED) is 0.736. The van der Waals surface area contributed by atoms with Crippen LogP contribution in [-0.2, 0) is 16.7 Å². The molecule has 1 aliphatic heterocycles. The maximum atomic E-state index is 14.9. The van der Waals surface area contributed by atoms with Crippen LogP contribution in [0.25, 0.3) is 0 Å². The van der Waals surface area contributed by atoms with Gasteiger partial charge in [0.05, 0.1) is 5.02 Å². The summed E-state index contributed by atoms with van der Waals surface area (Å²) in [6.07, 6.45) is 0.697. The smallest absolute Gasteiger partial charge is 0.283 e. The molecule has 1 aromatic heterocycles. The van der Waals surface area contributed by atoms with Crippen molar-refractivity contribution in [2.45, 2.75) is 37.6 Å². The SMILES string of the molecule is CC(F)[C@]1(c2cc(CC(=O)c3ccc(Cl)cn3)ccc2Cl)N=C(N)O[C@@H]2C[C@@H]21. The molecular formula is C20H18Cl2FN3O2. The number of ether oxygens (including phenoxy) is 1. The maximum absolute atomic E-state index is 14.9. The number of Topliss-reactive ketones (excluding diaryl/α,β-unsaturated/α-hetero) is 1. The van der Waals surface area contributed by atoms with Crippen LogP contribution in [0.2, 0.25) is 10.0 Å². The molecule has 1 unspecified atom stereocenters. The minimum absolute atomic E-state index is 0.0360. The summed E-state index contributed by atoms with van der Waals surface area (Å²) in [5.41, 5.74) is 6.13. The van der Waals surface area contributed by atoms with Crippen molar-refractivity contribution < 1.29 is 13.9 Å². The van der Waals surface area contributed by atoms with Crippen LogP contribution in [0.5, 0.6) is 0 Å². The van der Waals surface area contributed by atoms with E-state index >= 15 is 0 Å². The summed E-state index contributed by atoms with van der Waals surface area (Å²) in [4.78, 5) is 21.0. The molecule has 2 aromatic rings. The average Bonchev–Trinajstić information content (AvgIpc) is 3.42. The normalized spacial score (nSPS) is 26.6. The first kappa shape index (κ1) is 19.2. The lowest BCUT2D eigenvalue weighted by atomic mass is 9.80. The molecular weight excluding hydrogens is 404 g/mol. The van der Waals surface area contributed by atoms with E-state index in [1.165, 1.54) is 13.1 Å². The molecule has 146 valence electrons. The highest BCUT2D eigenvalue weighted by Crippen LogP contribution is 2.56. The highest BCUT2D eigenvalue weighted by atomic mass is 35.5. The average molecular weight is 422 g/mol. The third kappa shape index (κ3) is 3.25. The number of aromatic nitrogens is 1. The summed E-state index contributed by atoms with van der Waals surface area (Å²) >= 11 is 12.3. The number of amidine groups is 1. The zero-order chi connectivity index (χ0) is 20.1. The summed E-state index contributed by atoms with van der Waals surface area (Å²) in [6, 6.07) is 8.30. The van der Waals surface area contributed by atoms with Gasteiger partial charge in [-0.2, -0.15) is 0 Å². The number of halogens is 3. The van der Waals surface area contributed by atoms with Crippen molar-refractivity contribution in [3.05, 3.63) is 63.4 Å². The van der Waals surface area contributed by atoms with E-state index in [2.05, 4.69) is 9.98 Å². The minimum atomic E-state index is -1.33. The fraction of sp³-hybridized carbons (Fsp3) is 0.350. The van der Waals surface area contributed by atoms with Crippen molar-refractivity contribution in [3.63, 3.8) is 0 Å². The van der Waals surface area contributed by atoms with Crippen molar-refractivity contribution in [2.75, 3.05) is 0 Å². The third-order valence-electron chi connectivity index (χ3n) is 5.31. The van der Waals surface area contributed by atoms with Gasteiger partial charge in [0.25, 0.3) is 6.02 Å². The summed E-state index contributed by atoms with van der Waals surface area (Å²) in [6.45, 7) is 1.45. The Kier molecular flexibility index (Phi) is 4.79. The Morgan fingerprint density at radius 1 is 1.39 bits per heavy atom. The van der Waals surface area contributed by atoms with E-state index in [1.807, 2.05) is 0 Å². The zero-order valence-corrected chi connectivity index (χ0v) is 16.5. The van der Waals surface area contributed by atoms with Crippen LogP contribution in [0.4, 0.5) is 4.39 Å². The third-order valence-corrected chi connectivity index (χ3v) is 5.86. The number of nitrogens with zero attached hydrogens (tertiary/aromatic N) is 2. The molecule has 4 atom stereocenters. The monoisotopic (exact) mass is 421 g/mol. The zero-order valence-electron chi connectivity index (χ0n) is 15.0. The maximum Gasteiger partial charge on any atom is 0.283 e. The van der Waals surface area contributed by atoms with E-state index in [4.69, 9.17) is 33.7 Å². The van der Waals surface area contributed by atoms with Gasteiger partial charge < -0.3 is 10.5 Å². The number of ketones is 1. The van der Waals surface area contributed by atoms with Crippen molar-refractivity contribution in [1.29, 1.82) is 0 Å². The number of hydrogen-bond donors (Lipinski definition) is 1. The van der Waals surface area contributed by atoms with Gasteiger partial charge >= 0.3 is 0 Å². The van der Waals surface area contributed by atoms with Gasteiger partial charge in [0.1, 0.15) is 23.5 Å². The number of nitrogens with two attached hydrogens (primary N) is 1. The van der Waals surface area contributed by atoms with Crippen molar-refractivity contribution in [3.8, 4) is 0 Å². The van der Waals surface area contributed by atoms with Gasteiger partial charge in [-0.1, -0.05) is 35.3 Å². The lowest BCUT2D eigenvalue weighted by Crippen LogP contribution is -2.43. The van der Waals surface area contributed by atoms with Crippen LogP contribution < -0.4 is 5.73 Å². The number of carbonyl (C=O) groups is 1. The lowest BCUT2D eigenvalue weighted by Gasteiger charge is -2.36. The molecule has 8 heteroatoms. The van der Waals surface area contributed by atoms with Gasteiger partial charge in [0, 0.05) is 29.1 Å². The highest BCUT2D eigenvalue weighted by molar-refractivity contribution is 6.31. The Morgan fingerprint density at radius 3 is 2.86 bits per heavy atom. The molecule has 0 radical (unpaired) electrons. The molecule has 1 aliphatic carbocycles. The molecule has 0 saturated heterocycles. The summed E-state index contributed by atoms with van der Waals surface area (Å²) < 4.78 is 20.3. The molecule has 28 heavy (non-hydrogen) atoms. The van der Waals surface area contributed by atoms with Gasteiger partial charge in [-0.3, -0.25) is 9.78 Å². The molecule has 2 heterocycles. The number of benzene rings is 1. The summed E-state index contributed by atoms with van der Waals surface area (Å²) in [5, 5.41) is 0.840. The van der Waals surface area contributed by atoms with E-state index in [9.17, 15) is 9.18 Å². The Hall–Kier alpha value is -2.18. The second-order valence-corrected chi connectivity index (χ2v) is 8.01. The summed E-state index contributed by atoms with van der Waals surface area (Å²) in [5.74, 6) is -0.312. The van der Waals surface area contributed by atoms with Crippen LogP contribution in [0, 0.1) is 5.92 Å². The highest BCUT2D eigenvalue weighted by Gasteiger charge is 2.62. The Bertz CT molecular complexity index is 964. The number of fused-ring (bicyclic) bond motifs is 1. The minimum Gasteiger partial charge on any atom is -0.462 e. The van der Waals surface area contributed by atoms with Gasteiger partial charge in [-0.15, -0.1) is 0 Å². The molecule has 1 fully saturated rings. The lowest BCUT2D eigenvalue weighted by molar-refractivity contribution is 0.0988. The number of pyridine rings is 1.